The number of aliphatic hydroxyl groups is 1. The summed E-state index contributed by atoms with van der Waals surface area (Å²) in [4.78, 5) is 0. The summed E-state index contributed by atoms with van der Waals surface area (Å²) in [6.07, 6.45) is 15.5. The lowest BCUT2D eigenvalue weighted by atomic mass is 9.53. The number of fused-ring (bicyclic) bond motifs is 1. The second-order valence-electron chi connectivity index (χ2n) is 10.7. The smallest absolute Gasteiger partial charge is 0.0543 e. The molecule has 2 unspecified atom stereocenters. The molecule has 0 amide bonds. The summed E-state index contributed by atoms with van der Waals surface area (Å²) in [6, 6.07) is 0.742. The fourth-order valence-electron chi connectivity index (χ4n) is 7.22. The topological polar surface area (TPSA) is 32.3 Å². The predicted octanol–water partition coefficient (Wildman–Crippen LogP) is 5.46. The van der Waals surface area contributed by atoms with E-state index in [0.717, 1.165) is 37.3 Å². The largest absolute Gasteiger partial charge is 0.393 e. The number of hydrogen-bond acceptors (Lipinski definition) is 2. The van der Waals surface area contributed by atoms with Crippen LogP contribution in [0.2, 0.25) is 0 Å². The molecule has 2 N–H and O–H groups in total. The molecule has 0 aliphatic heterocycles. The Bertz CT molecular complexity index is 524. The highest BCUT2D eigenvalue weighted by atomic mass is 16.3. The molecule has 4 rings (SSSR count). The zero-order valence-corrected chi connectivity index (χ0v) is 17.2. The summed E-state index contributed by atoms with van der Waals surface area (Å²) in [6.45, 7) is 10.6. The molecule has 0 aromatic heterocycles. The third-order valence-electron chi connectivity index (χ3n) is 9.53. The summed E-state index contributed by atoms with van der Waals surface area (Å²) in [5.41, 5.74) is 2.37. The van der Waals surface area contributed by atoms with Gasteiger partial charge in [0.25, 0.3) is 0 Å². The highest BCUT2D eigenvalue weighted by molar-refractivity contribution is 5.19. The Morgan fingerprint density at radius 3 is 2.54 bits per heavy atom. The van der Waals surface area contributed by atoms with Gasteiger partial charge in [0.2, 0.25) is 0 Å². The molecule has 0 aromatic rings. The van der Waals surface area contributed by atoms with Gasteiger partial charge in [-0.1, -0.05) is 38.8 Å². The van der Waals surface area contributed by atoms with E-state index in [1.807, 2.05) is 0 Å². The van der Waals surface area contributed by atoms with E-state index in [4.69, 9.17) is 0 Å². The van der Waals surface area contributed by atoms with Gasteiger partial charge in [-0.3, -0.25) is 0 Å². The van der Waals surface area contributed by atoms with Crippen molar-refractivity contribution < 1.29 is 5.11 Å². The van der Waals surface area contributed by atoms with E-state index in [1.165, 1.54) is 69.8 Å². The minimum atomic E-state index is -0.0708. The zero-order chi connectivity index (χ0) is 18.4. The number of nitrogens with one attached hydrogen (secondary N) is 1. The zero-order valence-electron chi connectivity index (χ0n) is 17.2. The predicted molar refractivity (Wildman–Crippen MR) is 109 cm³/mol. The van der Waals surface area contributed by atoms with Gasteiger partial charge in [0.15, 0.2) is 0 Å². The average Bonchev–Trinajstić information content (AvgIpc) is 3.24. The molecule has 26 heavy (non-hydrogen) atoms. The molecule has 0 radical (unpaired) electrons. The molecule has 4 aliphatic carbocycles. The molecule has 0 saturated heterocycles. The molecule has 148 valence electrons. The van der Waals surface area contributed by atoms with Gasteiger partial charge in [0.1, 0.15) is 0 Å². The normalized spacial score (nSPS) is 47.3. The Labute approximate surface area is 161 Å². The second-order valence-corrected chi connectivity index (χ2v) is 10.7. The minimum absolute atomic E-state index is 0.0708. The minimum Gasteiger partial charge on any atom is -0.393 e. The Morgan fingerprint density at radius 2 is 1.77 bits per heavy atom. The maximum absolute atomic E-state index is 10.4. The Hall–Kier alpha value is -0.340. The number of allylic oxidation sites excluding steroid dienone is 1. The first-order chi connectivity index (χ1) is 12.4. The quantitative estimate of drug-likeness (QED) is 0.653. The first-order valence-corrected chi connectivity index (χ1v) is 11.5. The Kier molecular flexibility index (Phi) is 5.29. The average molecular weight is 360 g/mol. The molecule has 2 heteroatoms. The highest BCUT2D eigenvalue weighted by Gasteiger charge is 2.52. The fraction of sp³-hybridized carbons (Fsp3) is 0.917. The third-order valence-corrected chi connectivity index (χ3v) is 9.53. The van der Waals surface area contributed by atoms with Gasteiger partial charge < -0.3 is 10.4 Å². The number of hydrogen-bond donors (Lipinski definition) is 2. The van der Waals surface area contributed by atoms with Crippen LogP contribution in [0.4, 0.5) is 0 Å². The van der Waals surface area contributed by atoms with E-state index < -0.39 is 0 Å². The molecule has 0 bridgehead atoms. The van der Waals surface area contributed by atoms with Gasteiger partial charge in [0, 0.05) is 6.04 Å². The highest BCUT2D eigenvalue weighted by Crippen LogP contribution is 2.61. The summed E-state index contributed by atoms with van der Waals surface area (Å²) in [5.74, 6) is 2.35. The lowest BCUT2D eigenvalue weighted by molar-refractivity contribution is -0.0488. The van der Waals surface area contributed by atoms with Crippen LogP contribution in [0.15, 0.2) is 12.2 Å². The molecule has 4 fully saturated rings. The van der Waals surface area contributed by atoms with Crippen LogP contribution in [-0.4, -0.2) is 23.8 Å². The van der Waals surface area contributed by atoms with Crippen molar-refractivity contribution in [3.05, 3.63) is 12.2 Å². The molecule has 4 saturated carbocycles. The van der Waals surface area contributed by atoms with E-state index in [9.17, 15) is 5.11 Å². The van der Waals surface area contributed by atoms with Crippen molar-refractivity contribution in [1.82, 2.24) is 5.32 Å². The van der Waals surface area contributed by atoms with Crippen LogP contribution in [0.5, 0.6) is 0 Å². The van der Waals surface area contributed by atoms with Crippen LogP contribution in [0, 0.1) is 28.6 Å². The van der Waals surface area contributed by atoms with Crippen molar-refractivity contribution in [2.75, 3.05) is 6.54 Å². The van der Waals surface area contributed by atoms with E-state index in [1.54, 1.807) is 0 Å². The van der Waals surface area contributed by atoms with Crippen LogP contribution in [0.25, 0.3) is 0 Å². The molecular weight excluding hydrogens is 318 g/mol. The third kappa shape index (κ3) is 3.30. The molecule has 0 spiro atoms. The first-order valence-electron chi connectivity index (χ1n) is 11.5. The van der Waals surface area contributed by atoms with Crippen LogP contribution in [-0.2, 0) is 0 Å². The van der Waals surface area contributed by atoms with Crippen LogP contribution >= 0.6 is 0 Å². The van der Waals surface area contributed by atoms with E-state index >= 15 is 0 Å². The van der Waals surface area contributed by atoms with E-state index in [0.29, 0.717) is 16.7 Å². The molecule has 0 aromatic carbocycles. The van der Waals surface area contributed by atoms with Crippen molar-refractivity contribution in [2.24, 2.45) is 28.6 Å². The fourth-order valence-corrected chi connectivity index (χ4v) is 7.22. The number of rotatable bonds is 4. The number of aliphatic hydroxyl groups excluding tert-OH is 1. The lowest BCUT2D eigenvalue weighted by Crippen LogP contribution is -2.49. The monoisotopic (exact) mass is 359 g/mol. The van der Waals surface area contributed by atoms with Crippen LogP contribution in [0.1, 0.15) is 90.9 Å². The van der Waals surface area contributed by atoms with Gasteiger partial charge in [-0.25, -0.2) is 0 Å². The van der Waals surface area contributed by atoms with Crippen LogP contribution < -0.4 is 5.32 Å². The molecule has 0 heterocycles. The van der Waals surface area contributed by atoms with Crippen molar-refractivity contribution in [3.8, 4) is 0 Å². The van der Waals surface area contributed by atoms with Gasteiger partial charge in [0.05, 0.1) is 6.10 Å². The lowest BCUT2D eigenvalue weighted by Gasteiger charge is -2.53. The standard InChI is InChI=1S/C24H41NO/c1-17-8-9-18-14-19(10-12-23(17,18)2)24(3)13-11-22(26)15-20(24)16-25-21-6-4-5-7-21/h18-22,25-26H,1,4-16H2,2-3H3/t18?,19?,20-,22+,23-,24-/m1/s1. The second kappa shape index (κ2) is 7.24. The maximum atomic E-state index is 10.4. The Balaban J connectivity index is 1.45. The van der Waals surface area contributed by atoms with E-state index in [-0.39, 0.29) is 6.10 Å². The summed E-state index contributed by atoms with van der Waals surface area (Å²) >= 11 is 0. The molecule has 4 aliphatic rings. The van der Waals surface area contributed by atoms with Gasteiger partial charge in [-0.05, 0) is 99.3 Å². The van der Waals surface area contributed by atoms with Gasteiger partial charge >= 0.3 is 0 Å². The summed E-state index contributed by atoms with van der Waals surface area (Å²) in [7, 11) is 0. The van der Waals surface area contributed by atoms with Gasteiger partial charge in [-0.2, -0.15) is 0 Å². The summed E-state index contributed by atoms with van der Waals surface area (Å²) < 4.78 is 0. The molecule has 6 atom stereocenters. The SMILES string of the molecule is C=C1CCC2CC([C@@]3(C)CC[C@H](O)C[C@@H]3CNC3CCCC3)CC[C@]12C. The first kappa shape index (κ1) is 19.0. The molecular formula is C24H41NO. The van der Waals surface area contributed by atoms with Crippen molar-refractivity contribution >= 4 is 0 Å². The Morgan fingerprint density at radius 1 is 1.00 bits per heavy atom. The van der Waals surface area contributed by atoms with Gasteiger partial charge in [-0.15, -0.1) is 0 Å². The van der Waals surface area contributed by atoms with Crippen molar-refractivity contribution in [2.45, 2.75) is 103 Å². The van der Waals surface area contributed by atoms with Crippen molar-refractivity contribution in [1.29, 1.82) is 0 Å². The van der Waals surface area contributed by atoms with E-state index in [2.05, 4.69) is 25.7 Å². The molecule has 2 nitrogen and oxygen atoms in total. The summed E-state index contributed by atoms with van der Waals surface area (Å²) in [5, 5.41) is 14.3. The van der Waals surface area contributed by atoms with Crippen molar-refractivity contribution in [3.63, 3.8) is 0 Å². The van der Waals surface area contributed by atoms with Crippen LogP contribution in [0.3, 0.4) is 0 Å². The maximum Gasteiger partial charge on any atom is 0.0543 e.